The normalized spacial score (nSPS) is 21.3. The maximum atomic E-state index is 14.5. The summed E-state index contributed by atoms with van der Waals surface area (Å²) in [6.07, 6.45) is 2.50. The lowest BCUT2D eigenvalue weighted by atomic mass is 10.2. The molecule has 4 rings (SSSR count). The average molecular weight is 319 g/mol. The van der Waals surface area contributed by atoms with Crippen LogP contribution in [0.2, 0.25) is 0 Å². The highest BCUT2D eigenvalue weighted by molar-refractivity contribution is 5.83. The Morgan fingerprint density at radius 2 is 1.91 bits per heavy atom. The smallest absolute Gasteiger partial charge is 0.350 e. The van der Waals surface area contributed by atoms with E-state index in [4.69, 9.17) is 11.6 Å². The van der Waals surface area contributed by atoms with Gasteiger partial charge in [-0.25, -0.2) is 9.18 Å². The Bertz CT molecular complexity index is 915. The van der Waals surface area contributed by atoms with Gasteiger partial charge < -0.3 is 16.5 Å². The Hall–Kier alpha value is -2.35. The number of halogens is 1. The van der Waals surface area contributed by atoms with Crippen molar-refractivity contribution in [3.63, 3.8) is 0 Å². The fraction of sp³-hybridized carbons (Fsp3) is 0.467. The van der Waals surface area contributed by atoms with E-state index in [2.05, 4.69) is 0 Å². The fourth-order valence-electron chi connectivity index (χ4n) is 3.29. The molecule has 1 aromatic carbocycles. The highest BCUT2D eigenvalue weighted by Crippen LogP contribution is 2.36. The summed E-state index contributed by atoms with van der Waals surface area (Å²) in [5.41, 5.74) is 5.49. The third kappa shape index (κ3) is 2.13. The summed E-state index contributed by atoms with van der Waals surface area (Å²) in [4.78, 5) is 26.4. The molecule has 2 aromatic rings. The van der Waals surface area contributed by atoms with E-state index in [-0.39, 0.29) is 17.5 Å². The zero-order chi connectivity index (χ0) is 16.3. The Labute approximate surface area is 130 Å². The van der Waals surface area contributed by atoms with E-state index in [1.807, 2.05) is 4.90 Å². The quantitative estimate of drug-likeness (QED) is 0.752. The second-order valence-corrected chi connectivity index (χ2v) is 6.37. The molecule has 2 aliphatic rings. The molecule has 1 atom stereocenters. The number of hydrogen-bond donors (Lipinski definition) is 2. The van der Waals surface area contributed by atoms with E-state index in [1.165, 1.54) is 10.6 Å². The van der Waals surface area contributed by atoms with Crippen molar-refractivity contribution in [1.82, 2.24) is 9.24 Å². The predicted molar refractivity (Wildman–Crippen MR) is 85.7 cm³/mol. The van der Waals surface area contributed by atoms with Gasteiger partial charge in [-0.3, -0.25) is 9.36 Å². The molecule has 2 heterocycles. The van der Waals surface area contributed by atoms with Crippen LogP contribution < -0.4 is 27.7 Å². The van der Waals surface area contributed by atoms with E-state index in [9.17, 15) is 14.0 Å². The molecule has 1 saturated carbocycles. The first-order valence-electron chi connectivity index (χ1n) is 7.74. The van der Waals surface area contributed by atoms with Gasteiger partial charge in [0.2, 0.25) is 0 Å². The summed E-state index contributed by atoms with van der Waals surface area (Å²) in [6, 6.07) is 2.80. The topological polar surface area (TPSA) is 99.3 Å². The maximum Gasteiger partial charge on any atom is 0.350 e. The van der Waals surface area contributed by atoms with Gasteiger partial charge in [-0.05, 0) is 31.4 Å². The van der Waals surface area contributed by atoms with Gasteiger partial charge in [-0.15, -0.1) is 0 Å². The number of nitrogens with zero attached hydrogens (tertiary/aromatic N) is 3. The lowest BCUT2D eigenvalue weighted by Crippen LogP contribution is -2.44. The first kappa shape index (κ1) is 14.3. The van der Waals surface area contributed by atoms with Crippen LogP contribution in [0.3, 0.4) is 0 Å². The fourth-order valence-corrected chi connectivity index (χ4v) is 3.29. The SMILES string of the molecule is NC1CCN(c2cc3c(cc2F)c(=O)n(N)c(=O)n3C2CC2)C1. The van der Waals surface area contributed by atoms with Crippen molar-refractivity contribution in [2.24, 2.45) is 5.73 Å². The summed E-state index contributed by atoms with van der Waals surface area (Å²) in [6.45, 7) is 1.22. The third-order valence-electron chi connectivity index (χ3n) is 4.66. The first-order valence-corrected chi connectivity index (χ1v) is 7.74. The molecule has 122 valence electrons. The molecule has 8 heteroatoms. The molecule has 1 aliphatic heterocycles. The minimum absolute atomic E-state index is 0.00719. The lowest BCUT2D eigenvalue weighted by Gasteiger charge is -2.20. The van der Waals surface area contributed by atoms with Gasteiger partial charge in [0.05, 0.1) is 16.6 Å². The Morgan fingerprint density at radius 3 is 2.52 bits per heavy atom. The van der Waals surface area contributed by atoms with Crippen LogP contribution in [-0.2, 0) is 0 Å². The predicted octanol–water partition coefficient (Wildman–Crippen LogP) is -0.112. The molecule has 0 spiro atoms. The van der Waals surface area contributed by atoms with Gasteiger partial charge in [-0.1, -0.05) is 0 Å². The Morgan fingerprint density at radius 1 is 1.17 bits per heavy atom. The van der Waals surface area contributed by atoms with Crippen molar-refractivity contribution in [3.8, 4) is 0 Å². The Kier molecular flexibility index (Phi) is 2.99. The summed E-state index contributed by atoms with van der Waals surface area (Å²) in [5.74, 6) is 5.07. The number of rotatable bonds is 2. The van der Waals surface area contributed by atoms with Crippen LogP contribution in [0.1, 0.15) is 25.3 Å². The number of nitrogens with two attached hydrogens (primary N) is 2. The molecule has 1 aliphatic carbocycles. The van der Waals surface area contributed by atoms with Crippen molar-refractivity contribution >= 4 is 16.6 Å². The molecule has 4 N–H and O–H groups in total. The van der Waals surface area contributed by atoms with Crippen molar-refractivity contribution in [2.45, 2.75) is 31.3 Å². The minimum atomic E-state index is -0.675. The molecule has 0 bridgehead atoms. The van der Waals surface area contributed by atoms with Crippen molar-refractivity contribution in [3.05, 3.63) is 38.8 Å². The molecule has 1 unspecified atom stereocenters. The van der Waals surface area contributed by atoms with Crippen LogP contribution in [0.25, 0.3) is 10.9 Å². The molecule has 7 nitrogen and oxygen atoms in total. The first-order chi connectivity index (χ1) is 11.0. The standard InChI is InChI=1S/C15H18FN5O2/c16-11-5-10-12(6-13(11)19-4-3-8(17)7-19)20(9-1-2-9)15(23)21(18)14(10)22/h5-6,8-9H,1-4,7,17-18H2. The van der Waals surface area contributed by atoms with Gasteiger partial charge in [0.1, 0.15) is 5.82 Å². The van der Waals surface area contributed by atoms with E-state index in [0.29, 0.717) is 29.0 Å². The van der Waals surface area contributed by atoms with Crippen molar-refractivity contribution in [1.29, 1.82) is 0 Å². The van der Waals surface area contributed by atoms with Crippen LogP contribution in [0, 0.1) is 5.82 Å². The minimum Gasteiger partial charge on any atom is -0.367 e. The molecule has 2 fully saturated rings. The van der Waals surface area contributed by atoms with Crippen molar-refractivity contribution in [2.75, 3.05) is 23.8 Å². The number of nitrogen functional groups attached to an aromatic ring is 1. The molecule has 0 radical (unpaired) electrons. The molecule has 23 heavy (non-hydrogen) atoms. The van der Waals surface area contributed by atoms with Crippen LogP contribution in [0.15, 0.2) is 21.7 Å². The van der Waals surface area contributed by atoms with Gasteiger partial charge in [0.15, 0.2) is 0 Å². The van der Waals surface area contributed by atoms with Crippen LogP contribution in [-0.4, -0.2) is 28.4 Å². The number of hydrogen-bond acceptors (Lipinski definition) is 5. The van der Waals surface area contributed by atoms with E-state index in [0.717, 1.165) is 19.3 Å². The van der Waals surface area contributed by atoms with Gasteiger partial charge >= 0.3 is 5.69 Å². The second kappa shape index (κ2) is 4.82. The van der Waals surface area contributed by atoms with Crippen LogP contribution in [0.4, 0.5) is 10.1 Å². The number of benzene rings is 1. The maximum absolute atomic E-state index is 14.5. The number of fused-ring (bicyclic) bond motifs is 1. The number of anilines is 1. The number of aromatic nitrogens is 2. The zero-order valence-corrected chi connectivity index (χ0v) is 12.5. The summed E-state index contributed by atoms with van der Waals surface area (Å²) in [7, 11) is 0. The molecular formula is C15H18FN5O2. The average Bonchev–Trinajstić information content (AvgIpc) is 3.26. The Balaban J connectivity index is 2.00. The van der Waals surface area contributed by atoms with Crippen molar-refractivity contribution < 1.29 is 4.39 Å². The zero-order valence-electron chi connectivity index (χ0n) is 12.5. The summed E-state index contributed by atoms with van der Waals surface area (Å²) < 4.78 is 16.6. The van der Waals surface area contributed by atoms with Gasteiger partial charge in [0, 0.05) is 25.2 Å². The summed E-state index contributed by atoms with van der Waals surface area (Å²) >= 11 is 0. The lowest BCUT2D eigenvalue weighted by molar-refractivity contribution is 0.620. The highest BCUT2D eigenvalue weighted by Gasteiger charge is 2.30. The van der Waals surface area contributed by atoms with Crippen LogP contribution in [0.5, 0.6) is 0 Å². The van der Waals surface area contributed by atoms with E-state index < -0.39 is 17.1 Å². The molecule has 0 amide bonds. The molecule has 1 saturated heterocycles. The van der Waals surface area contributed by atoms with Crippen LogP contribution >= 0.6 is 0 Å². The molecule has 1 aromatic heterocycles. The van der Waals surface area contributed by atoms with Gasteiger partial charge in [0.25, 0.3) is 5.56 Å². The summed E-state index contributed by atoms with van der Waals surface area (Å²) in [5, 5.41) is 0.128. The largest absolute Gasteiger partial charge is 0.367 e. The van der Waals surface area contributed by atoms with E-state index >= 15 is 0 Å². The van der Waals surface area contributed by atoms with Gasteiger partial charge in [-0.2, -0.15) is 4.68 Å². The molecular weight excluding hydrogens is 301 g/mol. The third-order valence-corrected chi connectivity index (χ3v) is 4.66. The highest BCUT2D eigenvalue weighted by atomic mass is 19.1. The second-order valence-electron chi connectivity index (χ2n) is 6.37. The monoisotopic (exact) mass is 319 g/mol. The van der Waals surface area contributed by atoms with E-state index in [1.54, 1.807) is 6.07 Å².